The predicted octanol–water partition coefficient (Wildman–Crippen LogP) is 1.09. The van der Waals surface area contributed by atoms with Crippen LogP contribution in [0.15, 0.2) is 12.2 Å². The molecule has 0 bridgehead atoms. The molecule has 0 radical (unpaired) electrons. The Hall–Kier alpha value is -0.340. The first kappa shape index (κ1) is 8.27. The van der Waals surface area contributed by atoms with Crippen molar-refractivity contribution in [2.24, 2.45) is 11.3 Å². The number of fused-ring (bicyclic) bond motifs is 1. The second-order valence-corrected chi connectivity index (χ2v) is 4.13. The van der Waals surface area contributed by atoms with Gasteiger partial charge in [0.2, 0.25) is 0 Å². The average Bonchev–Trinajstić information content (AvgIpc) is 2.54. The highest BCUT2D eigenvalue weighted by atomic mass is 16.3. The summed E-state index contributed by atoms with van der Waals surface area (Å²) in [5, 5.41) is 19.1. The van der Waals surface area contributed by atoms with Crippen molar-refractivity contribution in [2.75, 3.05) is 6.61 Å². The summed E-state index contributed by atoms with van der Waals surface area (Å²) in [4.78, 5) is 0. The molecule has 0 aromatic rings. The molecule has 2 N–H and O–H groups in total. The van der Waals surface area contributed by atoms with Crippen LogP contribution < -0.4 is 0 Å². The van der Waals surface area contributed by atoms with Crippen molar-refractivity contribution in [1.29, 1.82) is 0 Å². The van der Waals surface area contributed by atoms with Gasteiger partial charge in [-0.25, -0.2) is 0 Å². The van der Waals surface area contributed by atoms with E-state index in [1.165, 1.54) is 0 Å². The van der Waals surface area contributed by atoms with E-state index in [4.69, 9.17) is 0 Å². The van der Waals surface area contributed by atoms with Crippen LogP contribution in [0.25, 0.3) is 0 Å². The van der Waals surface area contributed by atoms with Gasteiger partial charge in [-0.2, -0.15) is 0 Å². The van der Waals surface area contributed by atoms with E-state index in [0.29, 0.717) is 5.92 Å². The van der Waals surface area contributed by atoms with Gasteiger partial charge in [-0.1, -0.05) is 12.2 Å². The third-order valence-corrected chi connectivity index (χ3v) is 3.83. The summed E-state index contributed by atoms with van der Waals surface area (Å²) in [6.07, 6.45) is 3.64. The summed E-state index contributed by atoms with van der Waals surface area (Å²) in [6, 6.07) is 0. The van der Waals surface area contributed by atoms with Crippen molar-refractivity contribution >= 4 is 0 Å². The second kappa shape index (κ2) is 2.57. The van der Waals surface area contributed by atoms with Gasteiger partial charge in [-0.15, -0.1) is 0 Å². The number of aliphatic hydroxyl groups excluding tert-OH is 2. The van der Waals surface area contributed by atoms with E-state index in [0.717, 1.165) is 31.3 Å². The molecule has 2 heteroatoms. The third-order valence-electron chi connectivity index (χ3n) is 3.83. The molecule has 2 saturated carbocycles. The predicted molar refractivity (Wildman–Crippen MR) is 46.6 cm³/mol. The maximum Gasteiger partial charge on any atom is 0.0658 e. The Balaban J connectivity index is 2.35. The van der Waals surface area contributed by atoms with E-state index in [-0.39, 0.29) is 18.1 Å². The zero-order valence-corrected chi connectivity index (χ0v) is 7.29. The van der Waals surface area contributed by atoms with Gasteiger partial charge in [0.15, 0.2) is 0 Å². The normalized spacial score (nSPS) is 46.7. The SMILES string of the molecule is C=C1CCC2CCC(O)C12CO. The zero-order valence-electron chi connectivity index (χ0n) is 7.29. The molecule has 0 aliphatic heterocycles. The van der Waals surface area contributed by atoms with Gasteiger partial charge in [0.1, 0.15) is 0 Å². The van der Waals surface area contributed by atoms with Gasteiger partial charge >= 0.3 is 0 Å². The van der Waals surface area contributed by atoms with E-state index in [1.807, 2.05) is 0 Å². The summed E-state index contributed by atoms with van der Waals surface area (Å²) in [6.45, 7) is 4.05. The summed E-state index contributed by atoms with van der Waals surface area (Å²) in [7, 11) is 0. The molecule has 2 aliphatic carbocycles. The summed E-state index contributed by atoms with van der Waals surface area (Å²) in [5.41, 5.74) is 0.750. The minimum Gasteiger partial charge on any atom is -0.395 e. The molecule has 0 heterocycles. The molecule has 0 aromatic carbocycles. The van der Waals surface area contributed by atoms with Crippen molar-refractivity contribution < 1.29 is 10.2 Å². The largest absolute Gasteiger partial charge is 0.395 e. The number of hydrogen-bond donors (Lipinski definition) is 2. The van der Waals surface area contributed by atoms with Crippen molar-refractivity contribution in [3.05, 3.63) is 12.2 Å². The van der Waals surface area contributed by atoms with Crippen LogP contribution in [0.5, 0.6) is 0 Å². The number of aliphatic hydroxyl groups is 2. The van der Waals surface area contributed by atoms with Crippen LogP contribution in [-0.2, 0) is 0 Å². The summed E-state index contributed by atoms with van der Waals surface area (Å²) < 4.78 is 0. The van der Waals surface area contributed by atoms with Crippen molar-refractivity contribution in [3.8, 4) is 0 Å². The molecule has 0 aromatic heterocycles. The number of rotatable bonds is 1. The van der Waals surface area contributed by atoms with Gasteiger partial charge in [-0.05, 0) is 31.6 Å². The summed E-state index contributed by atoms with van der Waals surface area (Å²) >= 11 is 0. The Morgan fingerprint density at radius 1 is 1.42 bits per heavy atom. The molecular weight excluding hydrogens is 152 g/mol. The van der Waals surface area contributed by atoms with E-state index >= 15 is 0 Å². The third kappa shape index (κ3) is 0.771. The highest BCUT2D eigenvalue weighted by Crippen LogP contribution is 2.56. The maximum absolute atomic E-state index is 9.80. The van der Waals surface area contributed by atoms with Crippen LogP contribution in [0.2, 0.25) is 0 Å². The lowest BCUT2D eigenvalue weighted by Crippen LogP contribution is -2.36. The molecule has 2 fully saturated rings. The van der Waals surface area contributed by atoms with E-state index < -0.39 is 0 Å². The molecular formula is C10H16O2. The monoisotopic (exact) mass is 168 g/mol. The van der Waals surface area contributed by atoms with Crippen molar-refractivity contribution in [1.82, 2.24) is 0 Å². The van der Waals surface area contributed by atoms with E-state index in [2.05, 4.69) is 6.58 Å². The fourth-order valence-corrected chi connectivity index (χ4v) is 3.00. The molecule has 2 aliphatic rings. The van der Waals surface area contributed by atoms with Gasteiger partial charge in [0.05, 0.1) is 12.7 Å². The van der Waals surface area contributed by atoms with Crippen LogP contribution in [0.3, 0.4) is 0 Å². The first-order valence-electron chi connectivity index (χ1n) is 4.69. The molecule has 68 valence electrons. The summed E-state index contributed by atoms with van der Waals surface area (Å²) in [5.74, 6) is 0.491. The van der Waals surface area contributed by atoms with Gasteiger partial charge in [0, 0.05) is 5.41 Å². The second-order valence-electron chi connectivity index (χ2n) is 4.13. The molecule has 0 spiro atoms. The standard InChI is InChI=1S/C10H16O2/c1-7-2-3-8-4-5-9(12)10(7,8)6-11/h8-9,11-12H,1-6H2. The molecule has 0 saturated heterocycles. The average molecular weight is 168 g/mol. The molecule has 3 unspecified atom stereocenters. The molecule has 0 amide bonds. The fourth-order valence-electron chi connectivity index (χ4n) is 3.00. The van der Waals surface area contributed by atoms with Crippen LogP contribution in [0.4, 0.5) is 0 Å². The van der Waals surface area contributed by atoms with Crippen LogP contribution in [0, 0.1) is 11.3 Å². The van der Waals surface area contributed by atoms with Gasteiger partial charge in [0.25, 0.3) is 0 Å². The quantitative estimate of drug-likeness (QED) is 0.575. The molecule has 2 nitrogen and oxygen atoms in total. The topological polar surface area (TPSA) is 40.5 Å². The molecule has 12 heavy (non-hydrogen) atoms. The first-order valence-corrected chi connectivity index (χ1v) is 4.69. The van der Waals surface area contributed by atoms with E-state index in [9.17, 15) is 10.2 Å². The van der Waals surface area contributed by atoms with Crippen LogP contribution in [0.1, 0.15) is 25.7 Å². The number of hydrogen-bond acceptors (Lipinski definition) is 2. The van der Waals surface area contributed by atoms with Gasteiger partial charge in [-0.3, -0.25) is 0 Å². The molecule has 3 atom stereocenters. The Morgan fingerprint density at radius 2 is 2.17 bits per heavy atom. The Morgan fingerprint density at radius 3 is 2.75 bits per heavy atom. The lowest BCUT2D eigenvalue weighted by atomic mass is 9.77. The van der Waals surface area contributed by atoms with Gasteiger partial charge < -0.3 is 10.2 Å². The van der Waals surface area contributed by atoms with Crippen LogP contribution in [-0.4, -0.2) is 22.9 Å². The maximum atomic E-state index is 9.80. The Bertz CT molecular complexity index is 212. The lowest BCUT2D eigenvalue weighted by Gasteiger charge is -2.32. The minimum atomic E-state index is -0.345. The highest BCUT2D eigenvalue weighted by Gasteiger charge is 2.53. The highest BCUT2D eigenvalue weighted by molar-refractivity contribution is 5.23. The van der Waals surface area contributed by atoms with Crippen LogP contribution >= 0.6 is 0 Å². The van der Waals surface area contributed by atoms with Crippen molar-refractivity contribution in [3.63, 3.8) is 0 Å². The lowest BCUT2D eigenvalue weighted by molar-refractivity contribution is 0.0195. The minimum absolute atomic E-state index is 0.0810. The van der Waals surface area contributed by atoms with Crippen molar-refractivity contribution in [2.45, 2.75) is 31.8 Å². The molecule has 2 rings (SSSR count). The fraction of sp³-hybridized carbons (Fsp3) is 0.800. The first-order chi connectivity index (χ1) is 5.71. The zero-order chi connectivity index (χ0) is 8.77. The smallest absolute Gasteiger partial charge is 0.0658 e. The Labute approximate surface area is 72.9 Å². The Kier molecular flexibility index (Phi) is 1.77. The van der Waals surface area contributed by atoms with E-state index in [1.54, 1.807) is 0 Å².